The van der Waals surface area contributed by atoms with Crippen molar-refractivity contribution >= 4 is 45.2 Å². The number of fused-ring (bicyclic) bond motifs is 8. The second-order valence-electron chi connectivity index (χ2n) is 14.8. The number of aliphatic carboxylic acids is 2. The van der Waals surface area contributed by atoms with Crippen molar-refractivity contribution in [2.24, 2.45) is 0 Å². The number of carboxylic acid groups (broad SMARTS) is 2. The minimum Gasteiger partial charge on any atom is -0.481 e. The van der Waals surface area contributed by atoms with Gasteiger partial charge in [-0.05, 0) is 93.0 Å². The third-order valence-electron chi connectivity index (χ3n) is 11.3. The lowest BCUT2D eigenvalue weighted by Crippen LogP contribution is -2.08. The van der Waals surface area contributed by atoms with Crippen LogP contribution in [0.15, 0.2) is 18.2 Å². The van der Waals surface area contributed by atoms with Gasteiger partial charge in [0.25, 0.3) is 0 Å². The predicted molar refractivity (Wildman–Crippen MR) is 210 cm³/mol. The van der Waals surface area contributed by atoms with Crippen LogP contribution in [-0.2, 0) is 27.4 Å². The Kier molecular flexibility index (Phi) is 13.1. The average Bonchev–Trinajstić information content (AvgIpc) is 3.79. The highest BCUT2D eigenvalue weighted by molar-refractivity contribution is 6.24. The number of rotatable bonds is 17. The predicted octanol–water partition coefficient (Wildman–Crippen LogP) is 10.6. The van der Waals surface area contributed by atoms with Gasteiger partial charge in [0.1, 0.15) is 0 Å². The van der Waals surface area contributed by atoms with Gasteiger partial charge in [0, 0.05) is 63.9 Å². The Hall–Kier alpha value is -4.24. The van der Waals surface area contributed by atoms with Crippen LogP contribution in [0, 0.1) is 20.8 Å². The molecular formula is C43H58N4O5. The van der Waals surface area contributed by atoms with E-state index in [9.17, 15) is 19.8 Å². The minimum absolute atomic E-state index is 0.0119. The number of aryl methyl sites for hydroxylation is 3. The summed E-state index contributed by atoms with van der Waals surface area (Å²) in [7, 11) is 0. The van der Waals surface area contributed by atoms with E-state index in [1.165, 1.54) is 51.4 Å². The number of aromatic amines is 2. The molecule has 0 saturated carbocycles. The summed E-state index contributed by atoms with van der Waals surface area (Å²) in [4.78, 5) is 41.8. The van der Waals surface area contributed by atoms with Gasteiger partial charge < -0.3 is 24.9 Å². The number of allylic oxidation sites excluding steroid dienone is 1. The maximum absolute atomic E-state index is 12.7. The monoisotopic (exact) mass is 710 g/mol. The average molecular weight is 711 g/mol. The molecule has 5 rings (SSSR count). The lowest BCUT2D eigenvalue weighted by atomic mass is 9.85. The fraction of sp³-hybridized carbons (Fsp3) is 0.535. The molecule has 0 aliphatic carbocycles. The molecule has 0 amide bonds. The number of hydrogen-bond donors (Lipinski definition) is 4. The molecule has 2 aliphatic heterocycles. The lowest BCUT2D eigenvalue weighted by molar-refractivity contribution is -0.137. The number of nitrogens with zero attached hydrogens (tertiary/aromatic N) is 2. The Bertz CT molecular complexity index is 1980. The molecule has 0 radical (unpaired) electrons. The molecule has 52 heavy (non-hydrogen) atoms. The first-order chi connectivity index (χ1) is 25.0. The number of H-pyrrole nitrogens is 2. The molecule has 8 bridgehead atoms. The molecule has 0 fully saturated rings. The van der Waals surface area contributed by atoms with Gasteiger partial charge in [-0.15, -0.1) is 0 Å². The van der Waals surface area contributed by atoms with Crippen LogP contribution in [0.25, 0.3) is 33.2 Å². The zero-order valence-electron chi connectivity index (χ0n) is 32.3. The quantitative estimate of drug-likeness (QED) is 0.102. The normalized spacial score (nSPS) is 15.8. The number of nitrogens with one attached hydrogen (secondary N) is 2. The molecular weight excluding hydrogens is 652 g/mol. The van der Waals surface area contributed by atoms with Crippen LogP contribution in [0.4, 0.5) is 0 Å². The first kappa shape index (κ1) is 39.0. The van der Waals surface area contributed by atoms with Crippen molar-refractivity contribution in [2.75, 3.05) is 6.61 Å². The molecule has 3 aromatic heterocycles. The first-order valence-electron chi connectivity index (χ1n) is 19.4. The van der Waals surface area contributed by atoms with Crippen LogP contribution in [0.2, 0.25) is 0 Å². The lowest BCUT2D eigenvalue weighted by Gasteiger charge is -2.16. The van der Waals surface area contributed by atoms with Crippen molar-refractivity contribution in [3.05, 3.63) is 68.8 Å². The molecule has 9 nitrogen and oxygen atoms in total. The Morgan fingerprint density at radius 3 is 2.02 bits per heavy atom. The van der Waals surface area contributed by atoms with Crippen molar-refractivity contribution in [3.8, 4) is 0 Å². The van der Waals surface area contributed by atoms with Crippen LogP contribution in [0.1, 0.15) is 161 Å². The third-order valence-corrected chi connectivity index (χ3v) is 11.3. The summed E-state index contributed by atoms with van der Waals surface area (Å²) >= 11 is 0. The smallest absolute Gasteiger partial charge is 0.338 e. The summed E-state index contributed by atoms with van der Waals surface area (Å²) < 4.78 is 6.33. The topological polar surface area (TPSA) is 141 Å². The zero-order valence-corrected chi connectivity index (χ0v) is 32.3. The van der Waals surface area contributed by atoms with Gasteiger partial charge in [0.2, 0.25) is 0 Å². The maximum atomic E-state index is 12.7. The summed E-state index contributed by atoms with van der Waals surface area (Å²) in [5.41, 5.74) is 12.2. The van der Waals surface area contributed by atoms with E-state index in [0.717, 1.165) is 62.9 Å². The van der Waals surface area contributed by atoms with Crippen LogP contribution >= 0.6 is 0 Å². The molecule has 9 heteroatoms. The molecule has 5 heterocycles. The summed E-state index contributed by atoms with van der Waals surface area (Å²) in [6, 6.07) is 6.19. The molecule has 2 atom stereocenters. The van der Waals surface area contributed by atoms with E-state index < -0.39 is 11.9 Å². The van der Waals surface area contributed by atoms with Crippen molar-refractivity contribution in [1.29, 1.82) is 0 Å². The number of ether oxygens (including phenoxy) is 1. The highest BCUT2D eigenvalue weighted by atomic mass is 16.5. The SMILES string of the molecule is CCCCCCCCCCCOCc1c(C)c2cc3nc(c(C)c4nc(cc5[nH]c(cc1[nH]2)c(C)c5CC)C(C)=C4C(=O)O)[C@@H](CCC(=O)O)[C@@H]3C. The summed E-state index contributed by atoms with van der Waals surface area (Å²) in [5, 5.41) is 20.0. The van der Waals surface area contributed by atoms with Crippen LogP contribution in [0.3, 0.4) is 0 Å². The largest absolute Gasteiger partial charge is 0.481 e. The van der Waals surface area contributed by atoms with Gasteiger partial charge >= 0.3 is 11.9 Å². The third kappa shape index (κ3) is 8.52. The second kappa shape index (κ2) is 17.5. The van der Waals surface area contributed by atoms with Crippen molar-refractivity contribution in [2.45, 2.75) is 144 Å². The summed E-state index contributed by atoms with van der Waals surface area (Å²) in [5.74, 6) is -2.21. The molecule has 0 saturated heterocycles. The Morgan fingerprint density at radius 1 is 0.769 bits per heavy atom. The number of aromatic nitrogens is 4. The number of carbonyl (C=O) groups is 2. The number of carboxylic acids is 2. The molecule has 280 valence electrons. The van der Waals surface area contributed by atoms with Gasteiger partial charge in [0.15, 0.2) is 0 Å². The second-order valence-corrected chi connectivity index (χ2v) is 14.8. The fourth-order valence-corrected chi connectivity index (χ4v) is 7.97. The van der Waals surface area contributed by atoms with Crippen LogP contribution in [0.5, 0.6) is 0 Å². The highest BCUT2D eigenvalue weighted by Crippen LogP contribution is 2.43. The first-order valence-corrected chi connectivity index (χ1v) is 19.4. The Balaban J connectivity index is 1.62. The maximum Gasteiger partial charge on any atom is 0.338 e. The van der Waals surface area contributed by atoms with Crippen molar-refractivity contribution in [1.82, 2.24) is 19.9 Å². The van der Waals surface area contributed by atoms with E-state index in [-0.39, 0.29) is 23.8 Å². The molecule has 0 spiro atoms. The van der Waals surface area contributed by atoms with Crippen molar-refractivity contribution < 1.29 is 24.5 Å². The Labute approximate surface area is 308 Å². The van der Waals surface area contributed by atoms with Gasteiger partial charge in [-0.1, -0.05) is 72.1 Å². The molecule has 3 aromatic rings. The molecule has 0 aromatic carbocycles. The van der Waals surface area contributed by atoms with E-state index in [4.69, 9.17) is 14.7 Å². The molecule has 2 aliphatic rings. The summed E-state index contributed by atoms with van der Waals surface area (Å²) in [6.45, 7) is 15.6. The summed E-state index contributed by atoms with van der Waals surface area (Å²) in [6.07, 6.45) is 12.6. The Morgan fingerprint density at radius 2 is 1.38 bits per heavy atom. The highest BCUT2D eigenvalue weighted by Gasteiger charge is 2.33. The standard InChI is InChI=1S/C43H58N4O5/c1-8-10-11-12-13-14-15-16-17-20-52-24-32-27(5)33-21-35-26(4)31(18-19-39(48)49)41(46-35)29(7)42-40(43(50)51)28(6)36(47-42)23-37-30(9-2)25(3)34(44-37)22-38(32)45-33/h21-23,26,31,44-45H,8-20,24H2,1-7H3,(H,48,49)(H,50,51)/t26-,31-/m0/s1. The van der Waals surface area contributed by atoms with Gasteiger partial charge in [0.05, 0.1) is 23.6 Å². The molecule has 4 N–H and O–H groups in total. The zero-order chi connectivity index (χ0) is 37.5. The van der Waals surface area contributed by atoms with Crippen molar-refractivity contribution in [3.63, 3.8) is 0 Å². The number of unbranched alkanes of at least 4 members (excludes halogenated alkanes) is 8. The minimum atomic E-state index is -1.05. The van der Waals surface area contributed by atoms with Gasteiger partial charge in [-0.25, -0.2) is 9.78 Å². The van der Waals surface area contributed by atoms with E-state index >= 15 is 0 Å². The van der Waals surface area contributed by atoms with E-state index in [0.29, 0.717) is 47.9 Å². The van der Waals surface area contributed by atoms with E-state index in [2.05, 4.69) is 56.7 Å². The fourth-order valence-electron chi connectivity index (χ4n) is 7.97. The van der Waals surface area contributed by atoms with Gasteiger partial charge in [-0.2, -0.15) is 0 Å². The van der Waals surface area contributed by atoms with E-state index in [1.807, 2.05) is 13.0 Å². The molecule has 0 unspecified atom stereocenters. The van der Waals surface area contributed by atoms with E-state index in [1.54, 1.807) is 6.92 Å². The van der Waals surface area contributed by atoms with Crippen LogP contribution < -0.4 is 0 Å². The van der Waals surface area contributed by atoms with Gasteiger partial charge in [-0.3, -0.25) is 9.78 Å². The van der Waals surface area contributed by atoms with Crippen LogP contribution in [-0.4, -0.2) is 48.7 Å². The number of hydrogen-bond acceptors (Lipinski definition) is 5.